The van der Waals surface area contributed by atoms with Gasteiger partial charge in [0.15, 0.2) is 0 Å². The summed E-state index contributed by atoms with van der Waals surface area (Å²) in [6.45, 7) is 0.869. The smallest absolute Gasteiger partial charge is 0.143 e. The maximum absolute atomic E-state index is 11.7. The predicted octanol–water partition coefficient (Wildman–Crippen LogP) is 4.02. The van der Waals surface area contributed by atoms with Crippen molar-refractivity contribution in [2.24, 2.45) is 0 Å². The van der Waals surface area contributed by atoms with E-state index in [2.05, 4.69) is 33.0 Å². The highest BCUT2D eigenvalue weighted by molar-refractivity contribution is 9.10. The SMILES string of the molecule is COc1cc(N2CCC(c3ccccc3)C2C=O)ccc1Br. The van der Waals surface area contributed by atoms with Crippen LogP contribution in [0.2, 0.25) is 0 Å². The van der Waals surface area contributed by atoms with Crippen LogP contribution in [0.5, 0.6) is 5.75 Å². The summed E-state index contributed by atoms with van der Waals surface area (Å²) in [6.07, 6.45) is 2.05. The van der Waals surface area contributed by atoms with Crippen LogP contribution in [0.4, 0.5) is 5.69 Å². The van der Waals surface area contributed by atoms with Crippen LogP contribution in [0.15, 0.2) is 53.0 Å². The number of carbonyl (C=O) groups is 1. The zero-order valence-corrected chi connectivity index (χ0v) is 14.0. The first kappa shape index (κ1) is 15.1. The lowest BCUT2D eigenvalue weighted by molar-refractivity contribution is -0.109. The van der Waals surface area contributed by atoms with E-state index in [0.29, 0.717) is 0 Å². The van der Waals surface area contributed by atoms with Crippen LogP contribution in [-0.2, 0) is 4.79 Å². The van der Waals surface area contributed by atoms with Gasteiger partial charge in [-0.3, -0.25) is 0 Å². The second-order valence-corrected chi connectivity index (χ2v) is 6.30. The van der Waals surface area contributed by atoms with Crippen molar-refractivity contribution in [3.05, 3.63) is 58.6 Å². The minimum Gasteiger partial charge on any atom is -0.495 e. The zero-order chi connectivity index (χ0) is 15.5. The van der Waals surface area contributed by atoms with Crippen molar-refractivity contribution in [3.63, 3.8) is 0 Å². The molecule has 0 bridgehead atoms. The van der Waals surface area contributed by atoms with Gasteiger partial charge < -0.3 is 14.4 Å². The van der Waals surface area contributed by atoms with Crippen molar-refractivity contribution in [2.45, 2.75) is 18.4 Å². The van der Waals surface area contributed by atoms with E-state index in [1.807, 2.05) is 36.4 Å². The minimum absolute atomic E-state index is 0.131. The van der Waals surface area contributed by atoms with E-state index in [1.165, 1.54) is 5.56 Å². The molecule has 1 aliphatic heterocycles. The van der Waals surface area contributed by atoms with Crippen LogP contribution in [0.1, 0.15) is 17.9 Å². The molecule has 2 unspecified atom stereocenters. The van der Waals surface area contributed by atoms with Gasteiger partial charge in [-0.05, 0) is 40.0 Å². The van der Waals surface area contributed by atoms with Crippen molar-refractivity contribution >= 4 is 27.9 Å². The normalized spacial score (nSPS) is 20.9. The summed E-state index contributed by atoms with van der Waals surface area (Å²) in [5.41, 5.74) is 2.25. The number of hydrogen-bond acceptors (Lipinski definition) is 3. The third-order valence-electron chi connectivity index (χ3n) is 4.29. The van der Waals surface area contributed by atoms with Gasteiger partial charge in [0, 0.05) is 24.2 Å². The van der Waals surface area contributed by atoms with E-state index in [0.717, 1.165) is 35.2 Å². The maximum atomic E-state index is 11.7. The van der Waals surface area contributed by atoms with E-state index in [4.69, 9.17) is 4.74 Å². The first-order valence-electron chi connectivity index (χ1n) is 7.35. The zero-order valence-electron chi connectivity index (χ0n) is 12.4. The van der Waals surface area contributed by atoms with Gasteiger partial charge in [-0.25, -0.2) is 0 Å². The molecule has 3 rings (SSSR count). The Bertz CT molecular complexity index is 659. The standard InChI is InChI=1S/C18H18BrNO2/c1-22-18-11-14(7-8-16(18)19)20-10-9-15(17(20)12-21)13-5-3-2-4-6-13/h2-8,11-12,15,17H,9-10H2,1H3. The van der Waals surface area contributed by atoms with E-state index >= 15 is 0 Å². The Morgan fingerprint density at radius 1 is 1.23 bits per heavy atom. The minimum atomic E-state index is -0.131. The number of rotatable bonds is 4. The third kappa shape index (κ3) is 2.75. The highest BCUT2D eigenvalue weighted by Gasteiger charge is 2.35. The van der Waals surface area contributed by atoms with Crippen molar-refractivity contribution in [1.82, 2.24) is 0 Å². The van der Waals surface area contributed by atoms with Crippen molar-refractivity contribution < 1.29 is 9.53 Å². The van der Waals surface area contributed by atoms with Crippen LogP contribution in [0.25, 0.3) is 0 Å². The molecule has 2 aromatic carbocycles. The summed E-state index contributed by atoms with van der Waals surface area (Å²) in [4.78, 5) is 13.9. The third-order valence-corrected chi connectivity index (χ3v) is 4.94. The molecular formula is C18H18BrNO2. The van der Waals surface area contributed by atoms with Gasteiger partial charge in [-0.1, -0.05) is 30.3 Å². The number of anilines is 1. The van der Waals surface area contributed by atoms with E-state index < -0.39 is 0 Å². The second-order valence-electron chi connectivity index (χ2n) is 5.44. The molecule has 2 aromatic rings. The molecule has 0 spiro atoms. The Kier molecular flexibility index (Phi) is 4.48. The molecule has 1 saturated heterocycles. The number of carbonyl (C=O) groups excluding carboxylic acids is 1. The van der Waals surface area contributed by atoms with Crippen molar-refractivity contribution in [3.8, 4) is 5.75 Å². The summed E-state index contributed by atoms with van der Waals surface area (Å²) in [7, 11) is 1.65. The van der Waals surface area contributed by atoms with Gasteiger partial charge in [0.25, 0.3) is 0 Å². The molecule has 114 valence electrons. The van der Waals surface area contributed by atoms with Gasteiger partial charge >= 0.3 is 0 Å². The number of nitrogens with zero attached hydrogens (tertiary/aromatic N) is 1. The highest BCUT2D eigenvalue weighted by Crippen LogP contribution is 2.38. The molecule has 2 atom stereocenters. The molecule has 0 saturated carbocycles. The lowest BCUT2D eigenvalue weighted by atomic mass is 9.92. The van der Waals surface area contributed by atoms with Crippen molar-refractivity contribution in [2.75, 3.05) is 18.6 Å². The average molecular weight is 360 g/mol. The number of halogens is 1. The van der Waals surface area contributed by atoms with Gasteiger partial charge in [-0.2, -0.15) is 0 Å². The number of aldehydes is 1. The van der Waals surface area contributed by atoms with Crippen LogP contribution < -0.4 is 9.64 Å². The van der Waals surface area contributed by atoms with Gasteiger partial charge in [-0.15, -0.1) is 0 Å². The predicted molar refractivity (Wildman–Crippen MR) is 91.7 cm³/mol. The summed E-state index contributed by atoms with van der Waals surface area (Å²) >= 11 is 3.47. The molecular weight excluding hydrogens is 342 g/mol. The molecule has 1 fully saturated rings. The topological polar surface area (TPSA) is 29.5 Å². The second kappa shape index (κ2) is 6.53. The highest BCUT2D eigenvalue weighted by atomic mass is 79.9. The maximum Gasteiger partial charge on any atom is 0.143 e. The van der Waals surface area contributed by atoms with E-state index in [9.17, 15) is 4.79 Å². The number of hydrogen-bond donors (Lipinski definition) is 0. The lowest BCUT2D eigenvalue weighted by Crippen LogP contribution is -2.33. The van der Waals surface area contributed by atoms with Crippen LogP contribution in [0.3, 0.4) is 0 Å². The van der Waals surface area contributed by atoms with Gasteiger partial charge in [0.2, 0.25) is 0 Å². The molecule has 0 N–H and O–H groups in total. The summed E-state index contributed by atoms with van der Waals surface area (Å²) in [6, 6.07) is 16.1. The molecule has 3 nitrogen and oxygen atoms in total. The summed E-state index contributed by atoms with van der Waals surface area (Å²) in [5.74, 6) is 1.03. The Morgan fingerprint density at radius 3 is 2.68 bits per heavy atom. The van der Waals surface area contributed by atoms with Crippen LogP contribution in [-0.4, -0.2) is 26.0 Å². The number of methoxy groups -OCH3 is 1. The molecule has 0 aliphatic carbocycles. The Hall–Kier alpha value is -1.81. The quantitative estimate of drug-likeness (QED) is 0.772. The largest absolute Gasteiger partial charge is 0.495 e. The van der Waals surface area contributed by atoms with Crippen LogP contribution >= 0.6 is 15.9 Å². The Morgan fingerprint density at radius 2 is 2.00 bits per heavy atom. The van der Waals surface area contributed by atoms with Crippen molar-refractivity contribution in [1.29, 1.82) is 0 Å². The first-order valence-corrected chi connectivity index (χ1v) is 8.14. The van der Waals surface area contributed by atoms with Gasteiger partial charge in [0.1, 0.15) is 12.0 Å². The Labute approximate surface area is 139 Å². The molecule has 1 aliphatic rings. The monoisotopic (exact) mass is 359 g/mol. The van der Waals surface area contributed by atoms with Crippen LogP contribution in [0, 0.1) is 0 Å². The van der Waals surface area contributed by atoms with E-state index in [1.54, 1.807) is 7.11 Å². The summed E-state index contributed by atoms with van der Waals surface area (Å²) in [5, 5.41) is 0. The molecule has 0 radical (unpaired) electrons. The first-order chi connectivity index (χ1) is 10.7. The molecule has 0 aromatic heterocycles. The molecule has 0 amide bonds. The fourth-order valence-electron chi connectivity index (χ4n) is 3.18. The van der Waals surface area contributed by atoms with E-state index in [-0.39, 0.29) is 12.0 Å². The number of ether oxygens (including phenoxy) is 1. The fourth-order valence-corrected chi connectivity index (χ4v) is 3.58. The average Bonchev–Trinajstić information content (AvgIpc) is 3.00. The number of benzene rings is 2. The molecule has 1 heterocycles. The molecule has 4 heteroatoms. The molecule has 22 heavy (non-hydrogen) atoms. The Balaban J connectivity index is 1.91. The summed E-state index contributed by atoms with van der Waals surface area (Å²) < 4.78 is 6.28. The lowest BCUT2D eigenvalue weighted by Gasteiger charge is -2.26. The van der Waals surface area contributed by atoms with Gasteiger partial charge in [0.05, 0.1) is 17.6 Å². The fraction of sp³-hybridized carbons (Fsp3) is 0.278.